The van der Waals surface area contributed by atoms with Crippen LogP contribution in [-0.2, 0) is 19.3 Å². The van der Waals surface area contributed by atoms with E-state index in [1.165, 1.54) is 83.5 Å². The number of benzene rings is 7. The van der Waals surface area contributed by atoms with Gasteiger partial charge in [0.05, 0.1) is 0 Å². The molecule has 0 saturated heterocycles. The number of hydrogen-bond acceptors (Lipinski definition) is 0. The summed E-state index contributed by atoms with van der Waals surface area (Å²) >= 11 is 11.4. The van der Waals surface area contributed by atoms with Crippen LogP contribution in [0.25, 0.3) is 33.4 Å². The normalized spacial score (nSPS) is 17.4. The minimum atomic E-state index is 0.248. The summed E-state index contributed by atoms with van der Waals surface area (Å²) in [5.74, 6) is 0.743. The Labute approximate surface area is 325 Å². The Kier molecular flexibility index (Phi) is 7.82. The largest absolute Gasteiger partial charge is 0.0619 e. The van der Waals surface area contributed by atoms with E-state index in [2.05, 4.69) is 193 Å². The van der Waals surface area contributed by atoms with Crippen molar-refractivity contribution in [3.63, 3.8) is 0 Å². The van der Waals surface area contributed by atoms with Gasteiger partial charge in [0.1, 0.15) is 0 Å². The second-order valence-corrected chi connectivity index (χ2v) is 17.0. The fourth-order valence-electron chi connectivity index (χ4n) is 9.61. The summed E-state index contributed by atoms with van der Waals surface area (Å²) in [6.07, 6.45) is 2.86. The molecule has 3 aliphatic carbocycles. The quantitative estimate of drug-likeness (QED) is 0.156. The first-order valence-corrected chi connectivity index (χ1v) is 20.2. The minimum absolute atomic E-state index is 0.248. The molecule has 0 aliphatic heterocycles. The van der Waals surface area contributed by atoms with Gasteiger partial charge in [0.25, 0.3) is 0 Å². The molecule has 0 N–H and O–H groups in total. The van der Waals surface area contributed by atoms with Crippen molar-refractivity contribution in [1.29, 1.82) is 0 Å². The first kappa shape index (κ1) is 31.7. The van der Waals surface area contributed by atoms with Crippen molar-refractivity contribution in [2.45, 2.75) is 37.0 Å². The number of rotatable bonds is 6. The van der Waals surface area contributed by atoms with Crippen LogP contribution in [0.4, 0.5) is 0 Å². The third-order valence-corrected chi connectivity index (χ3v) is 12.9. The lowest BCUT2D eigenvalue weighted by Gasteiger charge is -2.25. The van der Waals surface area contributed by atoms with Crippen LogP contribution in [0.5, 0.6) is 0 Å². The van der Waals surface area contributed by atoms with Gasteiger partial charge in [-0.25, -0.2) is 0 Å². The number of hydrogen-bond donors (Lipinski definition) is 0. The predicted octanol–water partition coefficient (Wildman–Crippen LogP) is 14.0. The summed E-state index contributed by atoms with van der Waals surface area (Å²) in [7, 11) is 0. The van der Waals surface area contributed by atoms with Crippen molar-refractivity contribution in [3.8, 4) is 33.4 Å². The fourth-order valence-corrected chi connectivity index (χ4v) is 11.0. The summed E-state index contributed by atoms with van der Waals surface area (Å²) in [4.78, 5) is 0. The highest BCUT2D eigenvalue weighted by Crippen LogP contribution is 2.65. The molecule has 0 spiro atoms. The Hall–Kier alpha value is -4.02. The maximum absolute atomic E-state index is 3.79. The van der Waals surface area contributed by atoms with Crippen molar-refractivity contribution in [2.75, 3.05) is 0 Å². The van der Waals surface area contributed by atoms with Crippen LogP contribution in [-0.4, -0.2) is 0 Å². The lowest BCUT2D eigenvalue weighted by Crippen LogP contribution is -2.09. The molecule has 51 heavy (non-hydrogen) atoms. The van der Waals surface area contributed by atoms with E-state index < -0.39 is 0 Å². The zero-order valence-electron chi connectivity index (χ0n) is 27.8. The Morgan fingerprint density at radius 1 is 0.333 bits per heavy atom. The maximum atomic E-state index is 3.79. The average Bonchev–Trinajstić information content (AvgIpc) is 3.75. The predicted molar refractivity (Wildman–Crippen MR) is 222 cm³/mol. The molecular weight excluding hydrogens is 816 g/mol. The molecular formula is C48H33Br3. The number of halogens is 3. The minimum Gasteiger partial charge on any atom is -0.0619 e. The summed E-state index contributed by atoms with van der Waals surface area (Å²) in [5.41, 5.74) is 21.7. The van der Waals surface area contributed by atoms with Gasteiger partial charge in [0.2, 0.25) is 0 Å². The molecule has 0 saturated carbocycles. The van der Waals surface area contributed by atoms with Crippen molar-refractivity contribution in [2.24, 2.45) is 0 Å². The van der Waals surface area contributed by atoms with Crippen LogP contribution in [0.15, 0.2) is 159 Å². The van der Waals surface area contributed by atoms with E-state index in [1.807, 2.05) is 0 Å². The third kappa shape index (κ3) is 5.18. The number of fused-ring (bicyclic) bond motifs is 12. The van der Waals surface area contributed by atoms with Crippen LogP contribution in [0.1, 0.15) is 67.8 Å². The van der Waals surface area contributed by atoms with E-state index >= 15 is 0 Å². The lowest BCUT2D eigenvalue weighted by molar-refractivity contribution is 0.801. The van der Waals surface area contributed by atoms with E-state index in [0.29, 0.717) is 0 Å². The second kappa shape index (κ2) is 12.6. The summed E-state index contributed by atoms with van der Waals surface area (Å²) in [5, 5.41) is 0. The van der Waals surface area contributed by atoms with Gasteiger partial charge in [-0.3, -0.25) is 0 Å². The summed E-state index contributed by atoms with van der Waals surface area (Å²) < 4.78 is 3.40. The molecule has 7 aromatic carbocycles. The zero-order valence-corrected chi connectivity index (χ0v) is 32.6. The van der Waals surface area contributed by atoms with Crippen molar-refractivity contribution >= 4 is 47.8 Å². The van der Waals surface area contributed by atoms with Crippen LogP contribution < -0.4 is 0 Å². The Bertz CT molecular complexity index is 2230. The molecule has 3 atom stereocenters. The third-order valence-electron chi connectivity index (χ3n) is 11.5. The Morgan fingerprint density at radius 2 is 0.627 bits per heavy atom. The molecule has 10 rings (SSSR count). The van der Waals surface area contributed by atoms with Crippen molar-refractivity contribution in [1.82, 2.24) is 0 Å². The monoisotopic (exact) mass is 846 g/mol. The highest BCUT2D eigenvalue weighted by molar-refractivity contribution is 9.11. The van der Waals surface area contributed by atoms with Crippen LogP contribution in [0, 0.1) is 0 Å². The van der Waals surface area contributed by atoms with Crippen LogP contribution >= 0.6 is 47.8 Å². The highest BCUT2D eigenvalue weighted by atomic mass is 79.9. The maximum Gasteiger partial charge on any atom is 0.0178 e. The molecule has 0 radical (unpaired) electrons. The molecule has 0 fully saturated rings. The molecule has 0 heterocycles. The molecule has 0 amide bonds. The second-order valence-electron chi connectivity index (χ2n) is 14.3. The van der Waals surface area contributed by atoms with Crippen molar-refractivity contribution < 1.29 is 0 Å². The standard InChI is InChI=1S/C48H33Br3/c49-31-13-7-10-28(22-31)25-40-34-16-1-4-19-37(34)43-46(40)44-38-20-5-2-17-35(38)42(27-30-12-9-15-33(51)24-30)48(44)45-39-21-6-3-18-36(39)41(47(43)45)26-29-11-8-14-32(50)23-29/h1-24,40-42H,25-27H2/t40-,41-,42-/m1/s1. The average molecular weight is 850 g/mol. The van der Waals surface area contributed by atoms with Gasteiger partial charge in [-0.15, -0.1) is 0 Å². The topological polar surface area (TPSA) is 0 Å². The van der Waals surface area contributed by atoms with E-state index in [9.17, 15) is 0 Å². The zero-order chi connectivity index (χ0) is 34.2. The Balaban J connectivity index is 1.31. The van der Waals surface area contributed by atoms with Crippen LogP contribution in [0.2, 0.25) is 0 Å². The van der Waals surface area contributed by atoms with Gasteiger partial charge < -0.3 is 0 Å². The highest BCUT2D eigenvalue weighted by Gasteiger charge is 2.46. The van der Waals surface area contributed by atoms with Crippen molar-refractivity contribution in [3.05, 3.63) is 209 Å². The van der Waals surface area contributed by atoms with Gasteiger partial charge >= 0.3 is 0 Å². The van der Waals surface area contributed by atoms with Crippen LogP contribution in [0.3, 0.4) is 0 Å². The van der Waals surface area contributed by atoms with Gasteiger partial charge in [0, 0.05) is 31.2 Å². The molecule has 0 nitrogen and oxygen atoms in total. The van der Waals surface area contributed by atoms with Gasteiger partial charge in [-0.2, -0.15) is 0 Å². The Morgan fingerprint density at radius 3 is 0.922 bits per heavy atom. The SMILES string of the molecule is Brc1cccc(C[C@@H]2c3ccccc3-c3c2c2c(c4c3[C@H](Cc3cccc(Br)c3)c3ccccc3-4)[C@H](Cc3cccc(Br)c3)c3ccccc3-2)c1. The van der Waals surface area contributed by atoms with E-state index in [1.54, 1.807) is 0 Å². The molecule has 3 aliphatic rings. The first-order valence-electron chi connectivity index (χ1n) is 17.8. The first-order chi connectivity index (χ1) is 25.0. The van der Waals surface area contributed by atoms with E-state index in [0.717, 1.165) is 32.7 Å². The van der Waals surface area contributed by atoms with E-state index in [-0.39, 0.29) is 17.8 Å². The smallest absolute Gasteiger partial charge is 0.0178 e. The summed E-state index contributed by atoms with van der Waals surface area (Å²) in [6, 6.07) is 54.7. The molecule has 3 heteroatoms. The molecule has 246 valence electrons. The molecule has 0 aromatic heterocycles. The van der Waals surface area contributed by atoms with Gasteiger partial charge in [-0.05, 0) is 139 Å². The lowest BCUT2D eigenvalue weighted by atomic mass is 9.78. The molecule has 7 aromatic rings. The molecule has 0 unspecified atom stereocenters. The van der Waals surface area contributed by atoms with Gasteiger partial charge in [-0.1, -0.05) is 157 Å². The summed E-state index contributed by atoms with van der Waals surface area (Å²) in [6.45, 7) is 0. The fraction of sp³-hybridized carbons (Fsp3) is 0.125. The van der Waals surface area contributed by atoms with E-state index in [4.69, 9.17) is 0 Å². The molecule has 0 bridgehead atoms. The van der Waals surface area contributed by atoms with Gasteiger partial charge in [0.15, 0.2) is 0 Å².